The van der Waals surface area contributed by atoms with E-state index in [0.29, 0.717) is 18.5 Å². The molecule has 2 aliphatic carbocycles. The SMILES string of the molecule is CC1(C)C(N)CC1N(CCC#N)C1CC1. The zero-order valence-corrected chi connectivity index (χ0v) is 9.74. The van der Waals surface area contributed by atoms with E-state index >= 15 is 0 Å². The molecular weight excluding hydrogens is 186 g/mol. The maximum Gasteiger partial charge on any atom is 0.0635 e. The summed E-state index contributed by atoms with van der Waals surface area (Å²) in [5.74, 6) is 0. The molecule has 2 rings (SSSR count). The van der Waals surface area contributed by atoms with Crippen LogP contribution in [-0.2, 0) is 0 Å². The van der Waals surface area contributed by atoms with Crippen molar-refractivity contribution in [3.8, 4) is 6.07 Å². The van der Waals surface area contributed by atoms with Crippen molar-refractivity contribution in [2.75, 3.05) is 6.54 Å². The molecule has 0 spiro atoms. The molecule has 0 aromatic rings. The van der Waals surface area contributed by atoms with Crippen LogP contribution >= 0.6 is 0 Å². The van der Waals surface area contributed by atoms with Gasteiger partial charge in [0.2, 0.25) is 0 Å². The van der Waals surface area contributed by atoms with Gasteiger partial charge in [-0.1, -0.05) is 13.8 Å². The Labute approximate surface area is 92.2 Å². The van der Waals surface area contributed by atoms with Crippen LogP contribution < -0.4 is 5.73 Å². The first kappa shape index (κ1) is 10.9. The van der Waals surface area contributed by atoms with Crippen LogP contribution in [0.4, 0.5) is 0 Å². The monoisotopic (exact) mass is 207 g/mol. The second kappa shape index (κ2) is 3.77. The van der Waals surface area contributed by atoms with Gasteiger partial charge in [-0.05, 0) is 24.7 Å². The highest BCUT2D eigenvalue weighted by Crippen LogP contribution is 2.46. The fraction of sp³-hybridized carbons (Fsp3) is 0.917. The summed E-state index contributed by atoms with van der Waals surface area (Å²) in [6.45, 7) is 5.45. The highest BCUT2D eigenvalue weighted by atomic mass is 15.2. The summed E-state index contributed by atoms with van der Waals surface area (Å²) in [4.78, 5) is 2.53. The maximum absolute atomic E-state index is 8.67. The predicted molar refractivity (Wildman–Crippen MR) is 60.1 cm³/mol. The minimum absolute atomic E-state index is 0.234. The smallest absolute Gasteiger partial charge is 0.0635 e. The lowest BCUT2D eigenvalue weighted by Gasteiger charge is -2.55. The Bertz CT molecular complexity index is 275. The van der Waals surface area contributed by atoms with E-state index in [4.69, 9.17) is 11.0 Å². The number of hydrogen-bond acceptors (Lipinski definition) is 3. The van der Waals surface area contributed by atoms with Crippen molar-refractivity contribution in [1.82, 2.24) is 4.90 Å². The van der Waals surface area contributed by atoms with Crippen molar-refractivity contribution in [1.29, 1.82) is 5.26 Å². The highest BCUT2D eigenvalue weighted by Gasteiger charge is 2.51. The lowest BCUT2D eigenvalue weighted by Crippen LogP contribution is -2.65. The maximum atomic E-state index is 8.67. The van der Waals surface area contributed by atoms with Gasteiger partial charge < -0.3 is 5.73 Å². The van der Waals surface area contributed by atoms with Crippen LogP contribution in [0.2, 0.25) is 0 Å². The molecule has 0 heterocycles. The third-order valence-corrected chi connectivity index (χ3v) is 4.19. The van der Waals surface area contributed by atoms with Gasteiger partial charge in [0.25, 0.3) is 0 Å². The predicted octanol–water partition coefficient (Wildman–Crippen LogP) is 1.49. The third-order valence-electron chi connectivity index (χ3n) is 4.19. The standard InChI is InChI=1S/C12H21N3/c1-12(2)10(14)8-11(12)15(7-3-6-13)9-4-5-9/h9-11H,3-5,7-8,14H2,1-2H3. The molecule has 0 aromatic heterocycles. The first-order chi connectivity index (χ1) is 7.07. The Balaban J connectivity index is 1.97. The molecule has 84 valence electrons. The summed E-state index contributed by atoms with van der Waals surface area (Å²) in [6.07, 6.45) is 4.38. The second-order valence-electron chi connectivity index (χ2n) is 5.56. The molecule has 0 saturated heterocycles. The van der Waals surface area contributed by atoms with E-state index in [0.717, 1.165) is 19.0 Å². The summed E-state index contributed by atoms with van der Waals surface area (Å²) < 4.78 is 0. The molecule has 2 N–H and O–H groups in total. The molecule has 0 aromatic carbocycles. The van der Waals surface area contributed by atoms with Gasteiger partial charge in [0.05, 0.1) is 6.07 Å². The Morgan fingerprint density at radius 3 is 2.53 bits per heavy atom. The van der Waals surface area contributed by atoms with Gasteiger partial charge in [-0.2, -0.15) is 5.26 Å². The van der Waals surface area contributed by atoms with E-state index in [1.54, 1.807) is 0 Å². The van der Waals surface area contributed by atoms with Crippen LogP contribution in [0.25, 0.3) is 0 Å². The molecule has 2 aliphatic rings. The van der Waals surface area contributed by atoms with Crippen molar-refractivity contribution >= 4 is 0 Å². The fourth-order valence-corrected chi connectivity index (χ4v) is 2.68. The van der Waals surface area contributed by atoms with Crippen molar-refractivity contribution in [2.24, 2.45) is 11.1 Å². The molecule has 2 atom stereocenters. The molecule has 2 saturated carbocycles. The van der Waals surface area contributed by atoms with Gasteiger partial charge in [0.15, 0.2) is 0 Å². The number of nitriles is 1. The van der Waals surface area contributed by atoms with E-state index in [1.165, 1.54) is 12.8 Å². The van der Waals surface area contributed by atoms with Crippen molar-refractivity contribution in [2.45, 2.75) is 57.7 Å². The second-order valence-corrected chi connectivity index (χ2v) is 5.56. The van der Waals surface area contributed by atoms with Gasteiger partial charge in [0.1, 0.15) is 0 Å². The average molecular weight is 207 g/mol. The summed E-state index contributed by atoms with van der Waals surface area (Å²) in [5, 5.41) is 8.67. The molecular formula is C12H21N3. The number of nitrogens with two attached hydrogens (primary N) is 1. The van der Waals surface area contributed by atoms with E-state index in [2.05, 4.69) is 24.8 Å². The Morgan fingerprint density at radius 1 is 1.47 bits per heavy atom. The first-order valence-electron chi connectivity index (χ1n) is 5.95. The molecule has 0 aliphatic heterocycles. The molecule has 2 unspecified atom stereocenters. The molecule has 0 amide bonds. The molecule has 3 nitrogen and oxygen atoms in total. The summed E-state index contributed by atoms with van der Waals surface area (Å²) >= 11 is 0. The Morgan fingerprint density at radius 2 is 2.13 bits per heavy atom. The zero-order chi connectivity index (χ0) is 11.1. The number of rotatable bonds is 4. The van der Waals surface area contributed by atoms with E-state index < -0.39 is 0 Å². The molecule has 0 radical (unpaired) electrons. The van der Waals surface area contributed by atoms with Gasteiger partial charge in [0, 0.05) is 31.1 Å². The molecule has 15 heavy (non-hydrogen) atoms. The number of nitrogens with zero attached hydrogens (tertiary/aromatic N) is 2. The van der Waals surface area contributed by atoms with E-state index in [-0.39, 0.29) is 5.41 Å². The first-order valence-corrected chi connectivity index (χ1v) is 5.95. The summed E-state index contributed by atoms with van der Waals surface area (Å²) in [5.41, 5.74) is 6.28. The minimum atomic E-state index is 0.234. The van der Waals surface area contributed by atoms with Gasteiger partial charge in [-0.25, -0.2) is 0 Å². The van der Waals surface area contributed by atoms with Gasteiger partial charge in [-0.15, -0.1) is 0 Å². The Hall–Kier alpha value is -0.590. The van der Waals surface area contributed by atoms with Gasteiger partial charge in [-0.3, -0.25) is 4.90 Å². The van der Waals surface area contributed by atoms with E-state index in [9.17, 15) is 0 Å². The van der Waals surface area contributed by atoms with Crippen molar-refractivity contribution in [3.63, 3.8) is 0 Å². The van der Waals surface area contributed by atoms with E-state index in [1.807, 2.05) is 0 Å². The lowest BCUT2D eigenvalue weighted by molar-refractivity contribution is -0.0255. The van der Waals surface area contributed by atoms with Crippen LogP contribution in [0.5, 0.6) is 0 Å². The lowest BCUT2D eigenvalue weighted by atomic mass is 9.62. The Kier molecular flexibility index (Phi) is 2.74. The molecule has 2 fully saturated rings. The number of hydrogen-bond donors (Lipinski definition) is 1. The quantitative estimate of drug-likeness (QED) is 0.760. The summed E-state index contributed by atoms with van der Waals surface area (Å²) in [6, 6.07) is 3.94. The van der Waals surface area contributed by atoms with Crippen LogP contribution in [0.1, 0.15) is 39.5 Å². The third kappa shape index (κ3) is 1.89. The average Bonchev–Trinajstić information content (AvgIpc) is 3.01. The zero-order valence-electron chi connectivity index (χ0n) is 9.74. The largest absolute Gasteiger partial charge is 0.327 e. The van der Waals surface area contributed by atoms with Crippen LogP contribution in [-0.4, -0.2) is 29.6 Å². The summed E-state index contributed by atoms with van der Waals surface area (Å²) in [7, 11) is 0. The minimum Gasteiger partial charge on any atom is -0.327 e. The van der Waals surface area contributed by atoms with Crippen LogP contribution in [0.15, 0.2) is 0 Å². The normalized spacial score (nSPS) is 33.5. The molecule has 0 bridgehead atoms. The topological polar surface area (TPSA) is 53.0 Å². The highest BCUT2D eigenvalue weighted by molar-refractivity contribution is 5.08. The van der Waals surface area contributed by atoms with Crippen molar-refractivity contribution in [3.05, 3.63) is 0 Å². The molecule has 3 heteroatoms. The van der Waals surface area contributed by atoms with Crippen LogP contribution in [0.3, 0.4) is 0 Å². The van der Waals surface area contributed by atoms with Crippen LogP contribution in [0, 0.1) is 16.7 Å². The van der Waals surface area contributed by atoms with Crippen molar-refractivity contribution < 1.29 is 0 Å². The fourth-order valence-electron chi connectivity index (χ4n) is 2.68. The van der Waals surface area contributed by atoms with Gasteiger partial charge >= 0.3 is 0 Å².